The number of nitrogens with one attached hydrogen (secondary N) is 1. The van der Waals surface area contributed by atoms with Gasteiger partial charge in [0.15, 0.2) is 11.0 Å². The molecule has 0 radical (unpaired) electrons. The van der Waals surface area contributed by atoms with E-state index in [0.29, 0.717) is 16.5 Å². The molecule has 2 aromatic carbocycles. The zero-order chi connectivity index (χ0) is 18.5. The fourth-order valence-corrected chi connectivity index (χ4v) is 2.42. The number of anilines is 1. The highest BCUT2D eigenvalue weighted by Crippen LogP contribution is 2.27. The Kier molecular flexibility index (Phi) is 5.19. The van der Waals surface area contributed by atoms with E-state index in [4.69, 9.17) is 11.6 Å². The van der Waals surface area contributed by atoms with Crippen molar-refractivity contribution in [2.24, 2.45) is 5.10 Å². The van der Waals surface area contributed by atoms with Gasteiger partial charge in [-0.05, 0) is 36.2 Å². The van der Waals surface area contributed by atoms with Gasteiger partial charge in [0.1, 0.15) is 0 Å². The van der Waals surface area contributed by atoms with Crippen molar-refractivity contribution in [2.75, 3.05) is 5.43 Å². The van der Waals surface area contributed by atoms with Crippen molar-refractivity contribution in [2.45, 2.75) is 6.92 Å². The van der Waals surface area contributed by atoms with Crippen LogP contribution in [0.1, 0.15) is 11.1 Å². The first-order valence-corrected chi connectivity index (χ1v) is 8.04. The first-order valence-electron chi connectivity index (χ1n) is 7.67. The summed E-state index contributed by atoms with van der Waals surface area (Å²) in [6.45, 7) is 2.01. The number of aryl methyl sites for hydroxylation is 1. The third-order valence-corrected chi connectivity index (χ3v) is 3.89. The lowest BCUT2D eigenvalue weighted by atomic mass is 10.1. The normalized spacial score (nSPS) is 10.8. The molecule has 1 aromatic heterocycles. The molecular formula is C18H14ClN5O2. The van der Waals surface area contributed by atoms with E-state index in [9.17, 15) is 10.1 Å². The second-order valence-corrected chi connectivity index (χ2v) is 5.88. The number of hydrogen-bond donors (Lipinski definition) is 1. The van der Waals surface area contributed by atoms with E-state index in [1.54, 1.807) is 18.2 Å². The summed E-state index contributed by atoms with van der Waals surface area (Å²) in [5, 5.41) is 22.9. The zero-order valence-electron chi connectivity index (χ0n) is 13.8. The summed E-state index contributed by atoms with van der Waals surface area (Å²) in [6, 6.07) is 15.7. The number of aromatic nitrogens is 2. The highest BCUT2D eigenvalue weighted by molar-refractivity contribution is 6.32. The Morgan fingerprint density at radius 1 is 1.12 bits per heavy atom. The molecule has 130 valence electrons. The number of hydrazone groups is 1. The molecule has 0 aliphatic rings. The van der Waals surface area contributed by atoms with Crippen LogP contribution in [0.5, 0.6) is 0 Å². The first kappa shape index (κ1) is 17.5. The van der Waals surface area contributed by atoms with Crippen LogP contribution in [0.15, 0.2) is 59.7 Å². The molecule has 0 saturated carbocycles. The van der Waals surface area contributed by atoms with Crippen LogP contribution in [0.3, 0.4) is 0 Å². The average Bonchev–Trinajstić information content (AvgIpc) is 2.64. The molecule has 1 N–H and O–H groups in total. The quantitative estimate of drug-likeness (QED) is 0.408. The topological polar surface area (TPSA) is 93.3 Å². The Balaban J connectivity index is 1.75. The summed E-state index contributed by atoms with van der Waals surface area (Å²) in [6.07, 6.45) is 1.53. The van der Waals surface area contributed by atoms with Crippen LogP contribution in [0.4, 0.5) is 11.5 Å². The lowest BCUT2D eigenvalue weighted by molar-refractivity contribution is -0.384. The number of nitro groups is 1. The summed E-state index contributed by atoms with van der Waals surface area (Å²) in [4.78, 5) is 10.2. The number of halogens is 1. The van der Waals surface area contributed by atoms with Crippen molar-refractivity contribution < 1.29 is 4.92 Å². The maximum absolute atomic E-state index is 10.6. The fourth-order valence-electron chi connectivity index (χ4n) is 2.22. The van der Waals surface area contributed by atoms with E-state index in [1.807, 2.05) is 31.2 Å². The molecular weight excluding hydrogens is 354 g/mol. The van der Waals surface area contributed by atoms with Gasteiger partial charge in [-0.25, -0.2) is 0 Å². The summed E-state index contributed by atoms with van der Waals surface area (Å²) >= 11 is 6.15. The second-order valence-electron chi connectivity index (χ2n) is 5.52. The van der Waals surface area contributed by atoms with Gasteiger partial charge in [-0.2, -0.15) is 5.10 Å². The fraction of sp³-hybridized carbons (Fsp3) is 0.0556. The van der Waals surface area contributed by atoms with Crippen molar-refractivity contribution in [3.05, 3.63) is 81.0 Å². The SMILES string of the molecule is Cc1ccc(-c2cc(N/N=C/c3ccc([N+](=O)[O-])cc3)nnc2Cl)cc1. The highest BCUT2D eigenvalue weighted by Gasteiger charge is 2.07. The van der Waals surface area contributed by atoms with Gasteiger partial charge in [0.05, 0.1) is 11.1 Å². The van der Waals surface area contributed by atoms with E-state index in [1.165, 1.54) is 18.3 Å². The Bertz CT molecular complexity index is 956. The minimum Gasteiger partial charge on any atom is -0.260 e. The maximum atomic E-state index is 10.6. The molecule has 3 aromatic rings. The molecule has 7 nitrogen and oxygen atoms in total. The van der Waals surface area contributed by atoms with E-state index in [2.05, 4.69) is 20.7 Å². The molecule has 0 unspecified atom stereocenters. The van der Waals surface area contributed by atoms with Crippen molar-refractivity contribution in [3.63, 3.8) is 0 Å². The lowest BCUT2D eigenvalue weighted by Gasteiger charge is -2.06. The van der Waals surface area contributed by atoms with E-state index in [0.717, 1.165) is 16.7 Å². The lowest BCUT2D eigenvalue weighted by Crippen LogP contribution is -1.97. The van der Waals surface area contributed by atoms with Gasteiger partial charge in [0.25, 0.3) is 5.69 Å². The molecule has 8 heteroatoms. The average molecular weight is 368 g/mol. The van der Waals surface area contributed by atoms with Crippen LogP contribution >= 0.6 is 11.6 Å². The monoisotopic (exact) mass is 367 g/mol. The van der Waals surface area contributed by atoms with Crippen molar-refractivity contribution >= 4 is 29.3 Å². The Morgan fingerprint density at radius 3 is 2.46 bits per heavy atom. The summed E-state index contributed by atoms with van der Waals surface area (Å²) in [7, 11) is 0. The standard InChI is InChI=1S/C18H14ClN5O2/c1-12-2-6-14(7-3-12)16-10-17(22-23-18(16)19)21-20-11-13-4-8-15(9-5-13)24(25)26/h2-11H,1H3,(H,21,22)/b20-11+. The third kappa shape index (κ3) is 4.20. The molecule has 0 saturated heterocycles. The smallest absolute Gasteiger partial charge is 0.260 e. The number of nitrogens with zero attached hydrogens (tertiary/aromatic N) is 4. The molecule has 1 heterocycles. The van der Waals surface area contributed by atoms with Gasteiger partial charge in [-0.3, -0.25) is 15.5 Å². The van der Waals surface area contributed by atoms with Gasteiger partial charge < -0.3 is 0 Å². The molecule has 0 atom stereocenters. The minimum atomic E-state index is -0.449. The van der Waals surface area contributed by atoms with Gasteiger partial charge in [-0.1, -0.05) is 41.4 Å². The minimum absolute atomic E-state index is 0.0291. The Labute approximate surface area is 154 Å². The Hall–Kier alpha value is -3.32. The van der Waals surface area contributed by atoms with Crippen LogP contribution < -0.4 is 5.43 Å². The van der Waals surface area contributed by atoms with Gasteiger partial charge >= 0.3 is 0 Å². The van der Waals surface area contributed by atoms with Crippen LogP contribution in [0, 0.1) is 17.0 Å². The van der Waals surface area contributed by atoms with E-state index < -0.39 is 4.92 Å². The number of benzene rings is 2. The van der Waals surface area contributed by atoms with Crippen LogP contribution in [0.25, 0.3) is 11.1 Å². The van der Waals surface area contributed by atoms with Crippen molar-refractivity contribution in [1.82, 2.24) is 10.2 Å². The number of rotatable bonds is 5. The highest BCUT2D eigenvalue weighted by atomic mass is 35.5. The number of nitro benzene ring substituents is 1. The molecule has 26 heavy (non-hydrogen) atoms. The molecule has 0 aliphatic heterocycles. The predicted molar refractivity (Wildman–Crippen MR) is 102 cm³/mol. The molecule has 0 aliphatic carbocycles. The molecule has 0 fully saturated rings. The zero-order valence-corrected chi connectivity index (χ0v) is 14.5. The summed E-state index contributed by atoms with van der Waals surface area (Å²) in [5.41, 5.74) is 6.35. The second kappa shape index (κ2) is 7.71. The van der Waals surface area contributed by atoms with Crippen LogP contribution in [-0.2, 0) is 0 Å². The van der Waals surface area contributed by atoms with Gasteiger partial charge in [0.2, 0.25) is 0 Å². The van der Waals surface area contributed by atoms with Crippen molar-refractivity contribution in [3.8, 4) is 11.1 Å². The molecule has 0 bridgehead atoms. The maximum Gasteiger partial charge on any atom is 0.269 e. The summed E-state index contributed by atoms with van der Waals surface area (Å²) in [5.74, 6) is 0.433. The first-order chi connectivity index (χ1) is 12.5. The number of hydrogen-bond acceptors (Lipinski definition) is 6. The summed E-state index contributed by atoms with van der Waals surface area (Å²) < 4.78 is 0. The van der Waals surface area contributed by atoms with E-state index in [-0.39, 0.29) is 5.69 Å². The largest absolute Gasteiger partial charge is 0.269 e. The number of non-ortho nitro benzene ring substituents is 1. The molecule has 3 rings (SSSR count). The predicted octanol–water partition coefficient (Wildman–Crippen LogP) is 4.46. The van der Waals surface area contributed by atoms with Gasteiger partial charge in [-0.15, -0.1) is 10.2 Å². The van der Waals surface area contributed by atoms with E-state index >= 15 is 0 Å². The molecule has 0 amide bonds. The van der Waals surface area contributed by atoms with Gasteiger partial charge in [0, 0.05) is 17.7 Å². The van der Waals surface area contributed by atoms with Crippen LogP contribution in [-0.4, -0.2) is 21.3 Å². The third-order valence-electron chi connectivity index (χ3n) is 3.61. The van der Waals surface area contributed by atoms with Crippen molar-refractivity contribution in [1.29, 1.82) is 0 Å². The molecule has 0 spiro atoms. The van der Waals surface area contributed by atoms with Crippen LogP contribution in [0.2, 0.25) is 5.15 Å². The Morgan fingerprint density at radius 2 is 1.81 bits per heavy atom.